The molecule has 112 valence electrons. The zero-order valence-corrected chi connectivity index (χ0v) is 11.7. The number of nitrogens with one attached hydrogen (secondary N) is 1. The number of halogens is 1. The molecule has 0 radical (unpaired) electrons. The summed E-state index contributed by atoms with van der Waals surface area (Å²) in [5.41, 5.74) is 1.46. The van der Waals surface area contributed by atoms with Gasteiger partial charge in [0.25, 0.3) is 0 Å². The zero-order valence-electron chi connectivity index (χ0n) is 11.7. The van der Waals surface area contributed by atoms with Crippen molar-refractivity contribution in [3.63, 3.8) is 0 Å². The molecule has 1 amide bonds. The van der Waals surface area contributed by atoms with Crippen LogP contribution in [0, 0.1) is 5.82 Å². The van der Waals surface area contributed by atoms with Gasteiger partial charge in [0.2, 0.25) is 5.91 Å². The van der Waals surface area contributed by atoms with Gasteiger partial charge in [0.1, 0.15) is 12.4 Å². The second-order valence-corrected chi connectivity index (χ2v) is 4.72. The van der Waals surface area contributed by atoms with Gasteiger partial charge >= 0.3 is 0 Å². The molecule has 2 aromatic rings. The predicted molar refractivity (Wildman–Crippen MR) is 73.8 cm³/mol. The van der Waals surface area contributed by atoms with Crippen LogP contribution in [0.3, 0.4) is 0 Å². The van der Waals surface area contributed by atoms with Crippen LogP contribution in [0.15, 0.2) is 30.5 Å². The smallest absolute Gasteiger partial charge is 0.242 e. The molecule has 6 nitrogen and oxygen atoms in total. The number of benzene rings is 1. The Hall–Kier alpha value is -2.28. The Kier molecular flexibility index (Phi) is 4.99. The van der Waals surface area contributed by atoms with Gasteiger partial charge in [-0.05, 0) is 24.6 Å². The topological polar surface area (TPSA) is 80.0 Å². The van der Waals surface area contributed by atoms with Crippen LogP contribution >= 0.6 is 0 Å². The number of rotatable bonds is 6. The van der Waals surface area contributed by atoms with E-state index in [4.69, 9.17) is 5.11 Å². The Labute approximate surface area is 121 Å². The highest BCUT2D eigenvalue weighted by Crippen LogP contribution is 2.12. The summed E-state index contributed by atoms with van der Waals surface area (Å²) in [6, 6.07) is 5.76. The highest BCUT2D eigenvalue weighted by Gasteiger charge is 2.11. The molecule has 2 N–H and O–H groups in total. The summed E-state index contributed by atoms with van der Waals surface area (Å²) in [7, 11) is 0. The Morgan fingerprint density at radius 2 is 2.14 bits per heavy atom. The number of aliphatic hydroxyl groups is 1. The molecule has 0 fully saturated rings. The number of aliphatic hydroxyl groups excluding tert-OH is 1. The van der Waals surface area contributed by atoms with Crippen molar-refractivity contribution < 1.29 is 14.3 Å². The van der Waals surface area contributed by atoms with Crippen molar-refractivity contribution in [3.8, 4) is 0 Å². The fourth-order valence-electron chi connectivity index (χ4n) is 1.91. The fraction of sp³-hybridized carbons (Fsp3) is 0.357. The van der Waals surface area contributed by atoms with Gasteiger partial charge in [0, 0.05) is 19.2 Å². The summed E-state index contributed by atoms with van der Waals surface area (Å²) in [5.74, 6) is -0.524. The van der Waals surface area contributed by atoms with Gasteiger partial charge in [-0.15, -0.1) is 5.10 Å². The second-order valence-electron chi connectivity index (χ2n) is 4.72. The normalized spacial score (nSPS) is 12.1. The maximum atomic E-state index is 12.8. The quantitative estimate of drug-likeness (QED) is 0.826. The molecule has 21 heavy (non-hydrogen) atoms. The lowest BCUT2D eigenvalue weighted by Gasteiger charge is -2.14. The molecular weight excluding hydrogens is 275 g/mol. The third kappa shape index (κ3) is 4.35. The molecule has 7 heteroatoms. The Balaban J connectivity index is 1.89. The molecule has 1 aromatic carbocycles. The molecule has 0 bridgehead atoms. The molecular formula is C14H17FN4O2. The van der Waals surface area contributed by atoms with E-state index in [2.05, 4.69) is 15.6 Å². The fourth-order valence-corrected chi connectivity index (χ4v) is 1.91. The monoisotopic (exact) mass is 292 g/mol. The van der Waals surface area contributed by atoms with Gasteiger partial charge in [-0.1, -0.05) is 17.3 Å². The minimum Gasteiger partial charge on any atom is -0.396 e. The SMILES string of the molecule is CC(NC(=O)Cn1cc(CCO)nn1)c1ccc(F)cc1. The van der Waals surface area contributed by atoms with E-state index >= 15 is 0 Å². The summed E-state index contributed by atoms with van der Waals surface area (Å²) in [6.07, 6.45) is 2.03. The number of hydrogen-bond donors (Lipinski definition) is 2. The summed E-state index contributed by atoms with van der Waals surface area (Å²) >= 11 is 0. The molecule has 1 unspecified atom stereocenters. The van der Waals surface area contributed by atoms with Crippen molar-refractivity contribution in [2.45, 2.75) is 25.9 Å². The van der Waals surface area contributed by atoms with E-state index in [1.54, 1.807) is 18.3 Å². The lowest BCUT2D eigenvalue weighted by molar-refractivity contribution is -0.122. The highest BCUT2D eigenvalue weighted by molar-refractivity contribution is 5.76. The number of amides is 1. The molecule has 2 rings (SSSR count). The van der Waals surface area contributed by atoms with Crippen LogP contribution in [0.5, 0.6) is 0 Å². The van der Waals surface area contributed by atoms with E-state index in [1.807, 2.05) is 6.92 Å². The van der Waals surface area contributed by atoms with Crippen LogP contribution in [0.4, 0.5) is 4.39 Å². The first-order valence-corrected chi connectivity index (χ1v) is 6.63. The molecule has 1 heterocycles. The first-order valence-electron chi connectivity index (χ1n) is 6.63. The van der Waals surface area contributed by atoms with E-state index in [0.29, 0.717) is 12.1 Å². The molecule has 1 atom stereocenters. The standard InChI is InChI=1S/C14H17FN4O2/c1-10(11-2-4-12(15)5-3-11)16-14(21)9-19-8-13(6-7-20)17-18-19/h2-5,8,10,20H,6-7,9H2,1H3,(H,16,21). The first kappa shape index (κ1) is 15.1. The van der Waals surface area contributed by atoms with Gasteiger partial charge in [0.05, 0.1) is 11.7 Å². The summed E-state index contributed by atoms with van der Waals surface area (Å²) in [5, 5.41) is 19.2. The van der Waals surface area contributed by atoms with Crippen molar-refractivity contribution in [2.75, 3.05) is 6.61 Å². The third-order valence-electron chi connectivity index (χ3n) is 3.01. The Morgan fingerprint density at radius 1 is 1.43 bits per heavy atom. The maximum Gasteiger partial charge on any atom is 0.242 e. The molecule has 0 saturated heterocycles. The van der Waals surface area contributed by atoms with E-state index in [1.165, 1.54) is 16.8 Å². The summed E-state index contributed by atoms with van der Waals surface area (Å²) < 4.78 is 14.3. The van der Waals surface area contributed by atoms with Crippen LogP contribution in [0.25, 0.3) is 0 Å². The van der Waals surface area contributed by atoms with Crippen LogP contribution in [0.1, 0.15) is 24.2 Å². The lowest BCUT2D eigenvalue weighted by atomic mass is 10.1. The largest absolute Gasteiger partial charge is 0.396 e. The van der Waals surface area contributed by atoms with E-state index < -0.39 is 0 Å². The average molecular weight is 292 g/mol. The van der Waals surface area contributed by atoms with Gasteiger partial charge in [-0.2, -0.15) is 0 Å². The zero-order chi connectivity index (χ0) is 15.2. The average Bonchev–Trinajstić information content (AvgIpc) is 2.87. The molecule has 0 aliphatic carbocycles. The molecule has 0 spiro atoms. The maximum absolute atomic E-state index is 12.8. The van der Waals surface area contributed by atoms with E-state index in [-0.39, 0.29) is 30.9 Å². The number of nitrogens with zero attached hydrogens (tertiary/aromatic N) is 3. The van der Waals surface area contributed by atoms with Crippen LogP contribution in [0.2, 0.25) is 0 Å². The van der Waals surface area contributed by atoms with Crippen molar-refractivity contribution >= 4 is 5.91 Å². The highest BCUT2D eigenvalue weighted by atomic mass is 19.1. The Morgan fingerprint density at radius 3 is 2.81 bits per heavy atom. The molecule has 0 saturated carbocycles. The van der Waals surface area contributed by atoms with E-state index in [9.17, 15) is 9.18 Å². The molecule has 0 aliphatic rings. The van der Waals surface area contributed by atoms with Crippen LogP contribution < -0.4 is 5.32 Å². The van der Waals surface area contributed by atoms with Crippen molar-refractivity contribution in [2.24, 2.45) is 0 Å². The van der Waals surface area contributed by atoms with Crippen LogP contribution in [-0.4, -0.2) is 32.6 Å². The van der Waals surface area contributed by atoms with Crippen LogP contribution in [-0.2, 0) is 17.8 Å². The van der Waals surface area contributed by atoms with E-state index in [0.717, 1.165) is 5.56 Å². The van der Waals surface area contributed by atoms with Gasteiger partial charge in [-0.25, -0.2) is 9.07 Å². The van der Waals surface area contributed by atoms with Gasteiger partial charge < -0.3 is 10.4 Å². The Bertz CT molecular complexity index is 597. The minimum absolute atomic E-state index is 0.00745. The third-order valence-corrected chi connectivity index (χ3v) is 3.01. The first-order chi connectivity index (χ1) is 10.1. The molecule has 1 aromatic heterocycles. The number of carbonyl (C=O) groups excluding carboxylic acids is 1. The molecule has 0 aliphatic heterocycles. The number of hydrogen-bond acceptors (Lipinski definition) is 4. The predicted octanol–water partition coefficient (Wildman–Crippen LogP) is 0.829. The van der Waals surface area contributed by atoms with Gasteiger partial charge in [-0.3, -0.25) is 4.79 Å². The van der Waals surface area contributed by atoms with Crippen molar-refractivity contribution in [1.82, 2.24) is 20.3 Å². The summed E-state index contributed by atoms with van der Waals surface area (Å²) in [4.78, 5) is 11.9. The van der Waals surface area contributed by atoms with Crippen molar-refractivity contribution in [1.29, 1.82) is 0 Å². The van der Waals surface area contributed by atoms with Crippen molar-refractivity contribution in [3.05, 3.63) is 47.5 Å². The number of aromatic nitrogens is 3. The number of carbonyl (C=O) groups is 1. The summed E-state index contributed by atoms with van der Waals surface area (Å²) in [6.45, 7) is 1.86. The van der Waals surface area contributed by atoms with Gasteiger partial charge in [0.15, 0.2) is 0 Å². The second kappa shape index (κ2) is 6.94. The lowest BCUT2D eigenvalue weighted by Crippen LogP contribution is -2.30. The minimum atomic E-state index is -0.309.